The summed E-state index contributed by atoms with van der Waals surface area (Å²) in [6.45, 7) is 6.64. The molecule has 0 unspecified atom stereocenters. The second kappa shape index (κ2) is 5.79. The summed E-state index contributed by atoms with van der Waals surface area (Å²) in [5.74, 6) is -0.128. The lowest BCUT2D eigenvalue weighted by Crippen LogP contribution is -2.41. The summed E-state index contributed by atoms with van der Waals surface area (Å²) in [4.78, 5) is 14.0. The van der Waals surface area contributed by atoms with Crippen molar-refractivity contribution in [1.82, 2.24) is 15.4 Å². The maximum absolute atomic E-state index is 11.7. The maximum atomic E-state index is 11.7. The second-order valence-corrected chi connectivity index (χ2v) is 4.02. The number of aryl methyl sites for hydroxylation is 1. The number of hydrogen-bond donors (Lipinski definition) is 1. The first-order valence-electron chi connectivity index (χ1n) is 5.76. The molecule has 0 atom stereocenters. The fourth-order valence-corrected chi connectivity index (χ4v) is 1.76. The number of nitrogens with zero attached hydrogens (tertiary/aromatic N) is 2. The molecule has 2 rings (SSSR count). The molecule has 1 aromatic rings. The van der Waals surface area contributed by atoms with Gasteiger partial charge in [-0.25, -0.2) is 0 Å². The van der Waals surface area contributed by atoms with Gasteiger partial charge in [-0.1, -0.05) is 5.16 Å². The van der Waals surface area contributed by atoms with Crippen molar-refractivity contribution in [2.75, 3.05) is 39.4 Å². The van der Waals surface area contributed by atoms with E-state index in [0.29, 0.717) is 17.8 Å². The smallest absolute Gasteiger partial charge is 0.256 e. The largest absolute Gasteiger partial charge is 0.379 e. The number of hydrogen-bond acceptors (Lipinski definition) is 5. The minimum absolute atomic E-state index is 0.128. The Balaban J connectivity index is 1.71. The van der Waals surface area contributed by atoms with Crippen molar-refractivity contribution in [3.05, 3.63) is 17.5 Å². The van der Waals surface area contributed by atoms with Gasteiger partial charge in [-0.15, -0.1) is 0 Å². The fraction of sp³-hybridized carbons (Fsp3) is 0.636. The lowest BCUT2D eigenvalue weighted by Gasteiger charge is -2.26. The van der Waals surface area contributed by atoms with Crippen LogP contribution in [0.5, 0.6) is 0 Å². The van der Waals surface area contributed by atoms with Crippen LogP contribution >= 0.6 is 0 Å². The van der Waals surface area contributed by atoms with Gasteiger partial charge in [-0.2, -0.15) is 0 Å². The summed E-state index contributed by atoms with van der Waals surface area (Å²) in [5, 5.41) is 6.52. The SMILES string of the molecule is Cc1nocc1C(=O)NCCN1CCOCC1. The Bertz CT molecular complexity index is 372. The van der Waals surface area contributed by atoms with Crippen LogP contribution in [0.4, 0.5) is 0 Å². The van der Waals surface area contributed by atoms with Gasteiger partial charge in [0, 0.05) is 26.2 Å². The lowest BCUT2D eigenvalue weighted by molar-refractivity contribution is 0.0383. The van der Waals surface area contributed by atoms with Gasteiger partial charge < -0.3 is 14.6 Å². The van der Waals surface area contributed by atoms with Crippen LogP contribution in [-0.2, 0) is 4.74 Å². The molecule has 0 radical (unpaired) electrons. The Morgan fingerprint density at radius 1 is 1.53 bits per heavy atom. The highest BCUT2D eigenvalue weighted by molar-refractivity contribution is 5.94. The molecule has 1 aromatic heterocycles. The number of rotatable bonds is 4. The third-order valence-electron chi connectivity index (χ3n) is 2.81. The van der Waals surface area contributed by atoms with Crippen LogP contribution in [0.15, 0.2) is 10.8 Å². The Morgan fingerprint density at radius 3 is 2.94 bits per heavy atom. The summed E-state index contributed by atoms with van der Waals surface area (Å²) in [6, 6.07) is 0. The van der Waals surface area contributed by atoms with E-state index < -0.39 is 0 Å². The molecule has 6 heteroatoms. The highest BCUT2D eigenvalue weighted by Gasteiger charge is 2.13. The number of aromatic nitrogens is 1. The van der Waals surface area contributed by atoms with Gasteiger partial charge in [-0.05, 0) is 6.92 Å². The molecular formula is C11H17N3O3. The Labute approximate surface area is 99.9 Å². The summed E-state index contributed by atoms with van der Waals surface area (Å²) < 4.78 is 9.98. The summed E-state index contributed by atoms with van der Waals surface area (Å²) in [6.07, 6.45) is 1.37. The van der Waals surface area contributed by atoms with Crippen LogP contribution in [0.25, 0.3) is 0 Å². The molecule has 1 aliphatic heterocycles. The lowest BCUT2D eigenvalue weighted by atomic mass is 10.2. The molecular weight excluding hydrogens is 222 g/mol. The van der Waals surface area contributed by atoms with Crippen molar-refractivity contribution in [2.24, 2.45) is 0 Å². The zero-order valence-corrected chi connectivity index (χ0v) is 9.94. The van der Waals surface area contributed by atoms with Gasteiger partial charge in [0.25, 0.3) is 5.91 Å². The molecule has 0 saturated carbocycles. The number of nitrogens with one attached hydrogen (secondary N) is 1. The van der Waals surface area contributed by atoms with E-state index in [1.165, 1.54) is 6.26 Å². The van der Waals surface area contributed by atoms with Crippen molar-refractivity contribution >= 4 is 5.91 Å². The maximum Gasteiger partial charge on any atom is 0.256 e. The number of amides is 1. The second-order valence-electron chi connectivity index (χ2n) is 4.02. The van der Waals surface area contributed by atoms with Crippen LogP contribution in [0.1, 0.15) is 16.1 Å². The van der Waals surface area contributed by atoms with Crippen LogP contribution in [-0.4, -0.2) is 55.4 Å². The molecule has 1 N–H and O–H groups in total. The number of carbonyl (C=O) groups excluding carboxylic acids is 1. The molecule has 1 aliphatic rings. The quantitative estimate of drug-likeness (QED) is 0.803. The molecule has 0 aromatic carbocycles. The molecule has 1 amide bonds. The molecule has 94 valence electrons. The van der Waals surface area contributed by atoms with E-state index in [2.05, 4.69) is 15.4 Å². The summed E-state index contributed by atoms with van der Waals surface area (Å²) in [5.41, 5.74) is 1.13. The van der Waals surface area contributed by atoms with Gasteiger partial charge in [-0.3, -0.25) is 9.69 Å². The molecule has 17 heavy (non-hydrogen) atoms. The molecule has 0 bridgehead atoms. The Kier molecular flexibility index (Phi) is 4.11. The van der Waals surface area contributed by atoms with Crippen molar-refractivity contribution in [1.29, 1.82) is 0 Å². The van der Waals surface area contributed by atoms with E-state index in [9.17, 15) is 4.79 Å². The van der Waals surface area contributed by atoms with Crippen molar-refractivity contribution in [3.8, 4) is 0 Å². The highest BCUT2D eigenvalue weighted by atomic mass is 16.5. The van der Waals surface area contributed by atoms with Crippen LogP contribution in [0, 0.1) is 6.92 Å². The predicted octanol–water partition coefficient (Wildman–Crippen LogP) is 0.0450. The topological polar surface area (TPSA) is 67.6 Å². The standard InChI is InChI=1S/C11H17N3O3/c1-9-10(8-17-13-9)11(15)12-2-3-14-4-6-16-7-5-14/h8H,2-7H2,1H3,(H,12,15). The van der Waals surface area contributed by atoms with Gasteiger partial charge in [0.2, 0.25) is 0 Å². The van der Waals surface area contributed by atoms with Gasteiger partial charge in [0.15, 0.2) is 0 Å². The first-order chi connectivity index (χ1) is 8.27. The molecule has 1 fully saturated rings. The first-order valence-corrected chi connectivity index (χ1v) is 5.76. The van der Waals surface area contributed by atoms with Gasteiger partial charge in [0.05, 0.1) is 18.9 Å². The van der Waals surface area contributed by atoms with Crippen LogP contribution < -0.4 is 5.32 Å². The molecule has 0 aliphatic carbocycles. The first kappa shape index (κ1) is 12.1. The van der Waals surface area contributed by atoms with Crippen LogP contribution in [0.2, 0.25) is 0 Å². The van der Waals surface area contributed by atoms with Gasteiger partial charge >= 0.3 is 0 Å². The monoisotopic (exact) mass is 239 g/mol. The van der Waals surface area contributed by atoms with E-state index in [0.717, 1.165) is 32.8 Å². The average Bonchev–Trinajstić information content (AvgIpc) is 2.77. The van der Waals surface area contributed by atoms with E-state index in [-0.39, 0.29) is 5.91 Å². The average molecular weight is 239 g/mol. The normalized spacial score (nSPS) is 17.0. The number of carbonyl (C=O) groups is 1. The highest BCUT2D eigenvalue weighted by Crippen LogP contribution is 2.04. The van der Waals surface area contributed by atoms with Crippen molar-refractivity contribution in [3.63, 3.8) is 0 Å². The van der Waals surface area contributed by atoms with E-state index >= 15 is 0 Å². The van der Waals surface area contributed by atoms with E-state index in [1.54, 1.807) is 6.92 Å². The number of morpholine rings is 1. The minimum Gasteiger partial charge on any atom is -0.379 e. The molecule has 1 saturated heterocycles. The fourth-order valence-electron chi connectivity index (χ4n) is 1.76. The van der Waals surface area contributed by atoms with Crippen molar-refractivity contribution < 1.29 is 14.1 Å². The van der Waals surface area contributed by atoms with E-state index in [1.807, 2.05) is 0 Å². The van der Waals surface area contributed by atoms with Crippen LogP contribution in [0.3, 0.4) is 0 Å². The van der Waals surface area contributed by atoms with E-state index in [4.69, 9.17) is 9.26 Å². The zero-order valence-electron chi connectivity index (χ0n) is 9.94. The predicted molar refractivity (Wildman–Crippen MR) is 60.8 cm³/mol. The minimum atomic E-state index is -0.128. The summed E-state index contributed by atoms with van der Waals surface area (Å²) >= 11 is 0. The molecule has 2 heterocycles. The Morgan fingerprint density at radius 2 is 2.29 bits per heavy atom. The van der Waals surface area contributed by atoms with Gasteiger partial charge in [0.1, 0.15) is 11.8 Å². The third-order valence-corrected chi connectivity index (χ3v) is 2.81. The summed E-state index contributed by atoms with van der Waals surface area (Å²) in [7, 11) is 0. The molecule has 6 nitrogen and oxygen atoms in total. The third kappa shape index (κ3) is 3.28. The van der Waals surface area contributed by atoms with Crippen molar-refractivity contribution in [2.45, 2.75) is 6.92 Å². The Hall–Kier alpha value is -1.40. The number of ether oxygens (including phenoxy) is 1. The molecule has 0 spiro atoms. The zero-order chi connectivity index (χ0) is 12.1.